The lowest BCUT2D eigenvalue weighted by Gasteiger charge is -2.10. The van der Waals surface area contributed by atoms with E-state index in [2.05, 4.69) is 32.2 Å². The van der Waals surface area contributed by atoms with E-state index in [0.717, 1.165) is 21.3 Å². The molecule has 5 heteroatoms. The van der Waals surface area contributed by atoms with Crippen molar-refractivity contribution in [2.45, 2.75) is 0 Å². The molecule has 4 nitrogen and oxygen atoms in total. The Hall–Kier alpha value is -3.62. The Morgan fingerprint density at radius 1 is 0.724 bits per heavy atom. The predicted molar refractivity (Wildman–Crippen MR) is 118 cm³/mol. The molecule has 0 radical (unpaired) electrons. The molecule has 1 aromatic heterocycles. The minimum atomic E-state index is 0.457. The lowest BCUT2D eigenvalue weighted by Crippen LogP contribution is -1.93. The number of rotatable bonds is 4. The van der Waals surface area contributed by atoms with E-state index in [4.69, 9.17) is 4.98 Å². The smallest absolute Gasteiger partial charge is 0.113 e. The molecule has 4 rings (SSSR count). The zero-order valence-electron chi connectivity index (χ0n) is 15.3. The highest BCUT2D eigenvalue weighted by Crippen LogP contribution is 2.35. The number of benzene rings is 3. The van der Waals surface area contributed by atoms with Gasteiger partial charge in [0.1, 0.15) is 11.8 Å². The highest BCUT2D eigenvalue weighted by atomic mass is 79.9. The van der Waals surface area contributed by atoms with Crippen molar-refractivity contribution in [3.8, 4) is 28.6 Å². The number of nitrogens with zero attached hydrogens (tertiary/aromatic N) is 4. The highest BCUT2D eigenvalue weighted by Gasteiger charge is 2.15. The molecule has 1 heterocycles. The summed E-state index contributed by atoms with van der Waals surface area (Å²) in [6, 6.07) is 31.0. The van der Waals surface area contributed by atoms with Crippen LogP contribution in [0.1, 0.15) is 5.56 Å². The van der Waals surface area contributed by atoms with Crippen molar-refractivity contribution >= 4 is 27.3 Å². The van der Waals surface area contributed by atoms with Crippen molar-refractivity contribution in [2.24, 2.45) is 10.2 Å². The standard InChI is InChI=1S/C24H15BrN4/c25-20-13-11-18(12-14-20)24-22(29-28-21-9-5-2-6-10-21)15-19(16-26)23(27-24)17-7-3-1-4-8-17/h1-15H. The maximum Gasteiger partial charge on any atom is 0.113 e. The fraction of sp³-hybridized carbons (Fsp3) is 0. The van der Waals surface area contributed by atoms with Crippen LogP contribution in [0.5, 0.6) is 0 Å². The van der Waals surface area contributed by atoms with Crippen LogP contribution in [0.3, 0.4) is 0 Å². The first-order valence-corrected chi connectivity index (χ1v) is 9.77. The maximum absolute atomic E-state index is 9.72. The van der Waals surface area contributed by atoms with Crippen LogP contribution in [-0.4, -0.2) is 4.98 Å². The molecule has 0 aliphatic heterocycles. The van der Waals surface area contributed by atoms with Gasteiger partial charge in [0.2, 0.25) is 0 Å². The Labute approximate surface area is 177 Å². The van der Waals surface area contributed by atoms with Crippen molar-refractivity contribution in [3.05, 3.63) is 101 Å². The summed E-state index contributed by atoms with van der Waals surface area (Å²) in [5.41, 5.74) is 4.83. The summed E-state index contributed by atoms with van der Waals surface area (Å²) in [5, 5.41) is 18.5. The van der Waals surface area contributed by atoms with Gasteiger partial charge in [0.05, 0.1) is 22.6 Å². The fourth-order valence-electron chi connectivity index (χ4n) is 2.91. The molecule has 0 aliphatic carbocycles. The first-order valence-electron chi connectivity index (χ1n) is 8.98. The van der Waals surface area contributed by atoms with Crippen molar-refractivity contribution in [2.75, 3.05) is 0 Å². The number of halogens is 1. The van der Waals surface area contributed by atoms with Gasteiger partial charge in [-0.25, -0.2) is 4.98 Å². The molecule has 0 atom stereocenters. The molecule has 0 amide bonds. The van der Waals surface area contributed by atoms with E-state index in [1.54, 1.807) is 6.07 Å². The first kappa shape index (κ1) is 18.7. The Morgan fingerprint density at radius 3 is 2.00 bits per heavy atom. The van der Waals surface area contributed by atoms with Gasteiger partial charge in [-0.05, 0) is 30.3 Å². The number of hydrogen-bond acceptors (Lipinski definition) is 4. The molecule has 0 saturated heterocycles. The summed E-state index contributed by atoms with van der Waals surface area (Å²) in [7, 11) is 0. The number of aromatic nitrogens is 1. The summed E-state index contributed by atoms with van der Waals surface area (Å²) < 4.78 is 0.977. The molecule has 0 saturated carbocycles. The minimum absolute atomic E-state index is 0.457. The van der Waals surface area contributed by atoms with Crippen molar-refractivity contribution in [3.63, 3.8) is 0 Å². The Kier molecular flexibility index (Phi) is 5.55. The van der Waals surface area contributed by atoms with Gasteiger partial charge in [-0.2, -0.15) is 10.4 Å². The molecule has 138 valence electrons. The van der Waals surface area contributed by atoms with E-state index in [9.17, 15) is 5.26 Å². The summed E-state index contributed by atoms with van der Waals surface area (Å²) >= 11 is 3.47. The second-order valence-electron chi connectivity index (χ2n) is 6.27. The summed E-state index contributed by atoms with van der Waals surface area (Å²) in [5.74, 6) is 0. The molecule has 0 spiro atoms. The zero-order chi connectivity index (χ0) is 20.1. The summed E-state index contributed by atoms with van der Waals surface area (Å²) in [6.07, 6.45) is 0. The molecule has 0 bridgehead atoms. The largest absolute Gasteiger partial charge is 0.244 e. The monoisotopic (exact) mass is 438 g/mol. The van der Waals surface area contributed by atoms with Crippen molar-refractivity contribution in [1.82, 2.24) is 4.98 Å². The van der Waals surface area contributed by atoms with Gasteiger partial charge in [0.25, 0.3) is 0 Å². The summed E-state index contributed by atoms with van der Waals surface area (Å²) in [6.45, 7) is 0. The van der Waals surface area contributed by atoms with Crippen LogP contribution >= 0.6 is 15.9 Å². The molecule has 0 N–H and O–H groups in total. The molecule has 4 aromatic rings. The van der Waals surface area contributed by atoms with Gasteiger partial charge < -0.3 is 0 Å². The highest BCUT2D eigenvalue weighted by molar-refractivity contribution is 9.10. The minimum Gasteiger partial charge on any atom is -0.244 e. The van der Waals surface area contributed by atoms with Crippen LogP contribution in [0.2, 0.25) is 0 Å². The molecular formula is C24H15BrN4. The average Bonchev–Trinajstić information content (AvgIpc) is 2.79. The third-order valence-electron chi connectivity index (χ3n) is 4.32. The molecule has 0 unspecified atom stereocenters. The van der Waals surface area contributed by atoms with Crippen molar-refractivity contribution in [1.29, 1.82) is 5.26 Å². The number of hydrogen-bond donors (Lipinski definition) is 0. The molecule has 29 heavy (non-hydrogen) atoms. The third kappa shape index (κ3) is 4.29. The average molecular weight is 439 g/mol. The lowest BCUT2D eigenvalue weighted by atomic mass is 10.0. The van der Waals surface area contributed by atoms with Gasteiger partial charge in [0.15, 0.2) is 0 Å². The molecular weight excluding hydrogens is 424 g/mol. The van der Waals surface area contributed by atoms with E-state index in [1.807, 2.05) is 84.9 Å². The SMILES string of the molecule is N#Cc1cc(N=Nc2ccccc2)c(-c2ccc(Br)cc2)nc1-c1ccccc1. The zero-order valence-corrected chi connectivity index (χ0v) is 16.9. The predicted octanol–water partition coefficient (Wildman–Crippen LogP) is 7.47. The van der Waals surface area contributed by atoms with E-state index >= 15 is 0 Å². The topological polar surface area (TPSA) is 61.4 Å². The maximum atomic E-state index is 9.72. The normalized spacial score (nSPS) is 10.8. The Bertz CT molecular complexity index is 1200. The first-order chi connectivity index (χ1) is 14.2. The molecule has 0 aliphatic rings. The lowest BCUT2D eigenvalue weighted by molar-refractivity contribution is 1.19. The van der Waals surface area contributed by atoms with E-state index in [1.165, 1.54) is 0 Å². The van der Waals surface area contributed by atoms with Crippen LogP contribution in [-0.2, 0) is 0 Å². The van der Waals surface area contributed by atoms with Crippen LogP contribution in [0.4, 0.5) is 11.4 Å². The van der Waals surface area contributed by atoms with Crippen LogP contribution in [0.25, 0.3) is 22.5 Å². The second kappa shape index (κ2) is 8.59. The van der Waals surface area contributed by atoms with Gasteiger partial charge in [-0.1, -0.05) is 76.6 Å². The fourth-order valence-corrected chi connectivity index (χ4v) is 3.17. The van der Waals surface area contributed by atoms with Crippen LogP contribution in [0.15, 0.2) is 106 Å². The van der Waals surface area contributed by atoms with Crippen molar-refractivity contribution < 1.29 is 0 Å². The van der Waals surface area contributed by atoms with Crippen LogP contribution < -0.4 is 0 Å². The Balaban J connectivity index is 1.90. The van der Waals surface area contributed by atoms with E-state index in [0.29, 0.717) is 22.6 Å². The second-order valence-corrected chi connectivity index (χ2v) is 7.19. The van der Waals surface area contributed by atoms with E-state index < -0.39 is 0 Å². The Morgan fingerprint density at radius 2 is 1.34 bits per heavy atom. The number of nitriles is 1. The van der Waals surface area contributed by atoms with Gasteiger partial charge in [0, 0.05) is 15.6 Å². The van der Waals surface area contributed by atoms with Crippen LogP contribution in [0, 0.1) is 11.3 Å². The third-order valence-corrected chi connectivity index (χ3v) is 4.85. The van der Waals surface area contributed by atoms with Gasteiger partial charge >= 0.3 is 0 Å². The van der Waals surface area contributed by atoms with Gasteiger partial charge in [-0.3, -0.25) is 0 Å². The summed E-state index contributed by atoms with van der Waals surface area (Å²) in [4.78, 5) is 4.83. The quantitative estimate of drug-likeness (QED) is 0.310. The van der Waals surface area contributed by atoms with E-state index in [-0.39, 0.29) is 0 Å². The number of azo groups is 1. The van der Waals surface area contributed by atoms with Gasteiger partial charge in [-0.15, -0.1) is 5.11 Å². The number of pyridine rings is 1. The molecule has 3 aromatic carbocycles. The molecule has 0 fully saturated rings.